The highest BCUT2D eigenvalue weighted by atomic mass is 16.5. The second-order valence-corrected chi connectivity index (χ2v) is 2.50. The molecule has 3 nitrogen and oxygen atoms in total. The van der Waals surface area contributed by atoms with Crippen LogP contribution in [0.1, 0.15) is 12.8 Å². The Morgan fingerprint density at radius 2 is 2.50 bits per heavy atom. The van der Waals surface area contributed by atoms with Gasteiger partial charge in [0, 0.05) is 7.11 Å². The van der Waals surface area contributed by atoms with Crippen LogP contribution in [-0.2, 0) is 4.74 Å². The Labute approximate surface area is 61.5 Å². The van der Waals surface area contributed by atoms with Crippen molar-refractivity contribution in [3.63, 3.8) is 0 Å². The van der Waals surface area contributed by atoms with Crippen molar-refractivity contribution in [3.05, 3.63) is 0 Å². The molecule has 1 aliphatic rings. The standard InChI is InChI=1S/C7H14N2O/c1-8-7-6(10-2)4-3-5-9-7/h6-7,9H,1,3-5H2,2H3. The fourth-order valence-corrected chi connectivity index (χ4v) is 1.27. The Bertz CT molecular complexity index is 116. The molecule has 1 heterocycles. The van der Waals surface area contributed by atoms with E-state index in [1.807, 2.05) is 0 Å². The molecule has 0 bridgehead atoms. The van der Waals surface area contributed by atoms with Gasteiger partial charge in [0.15, 0.2) is 0 Å². The van der Waals surface area contributed by atoms with Gasteiger partial charge in [-0.3, -0.25) is 10.3 Å². The Balaban J connectivity index is 2.41. The zero-order chi connectivity index (χ0) is 7.40. The Hall–Kier alpha value is -0.410. The lowest BCUT2D eigenvalue weighted by molar-refractivity contribution is 0.0488. The molecule has 0 spiro atoms. The van der Waals surface area contributed by atoms with Crippen LogP contribution in [0.25, 0.3) is 0 Å². The fourth-order valence-electron chi connectivity index (χ4n) is 1.27. The van der Waals surface area contributed by atoms with Crippen molar-refractivity contribution in [1.29, 1.82) is 0 Å². The maximum Gasteiger partial charge on any atom is 0.125 e. The summed E-state index contributed by atoms with van der Waals surface area (Å²) in [6.45, 7) is 4.52. The summed E-state index contributed by atoms with van der Waals surface area (Å²) < 4.78 is 5.20. The summed E-state index contributed by atoms with van der Waals surface area (Å²) in [5.74, 6) is 0. The molecule has 3 heteroatoms. The number of hydrogen-bond acceptors (Lipinski definition) is 3. The van der Waals surface area contributed by atoms with E-state index in [0.717, 1.165) is 13.0 Å². The van der Waals surface area contributed by atoms with E-state index < -0.39 is 0 Å². The van der Waals surface area contributed by atoms with Crippen LogP contribution in [0.5, 0.6) is 0 Å². The van der Waals surface area contributed by atoms with Gasteiger partial charge in [0.2, 0.25) is 0 Å². The molecule has 0 radical (unpaired) electrons. The van der Waals surface area contributed by atoms with E-state index in [0.29, 0.717) is 0 Å². The molecule has 0 aliphatic carbocycles. The molecular weight excluding hydrogens is 128 g/mol. The van der Waals surface area contributed by atoms with Gasteiger partial charge in [-0.25, -0.2) is 0 Å². The maximum absolute atomic E-state index is 5.20. The summed E-state index contributed by atoms with van der Waals surface area (Å²) >= 11 is 0. The molecule has 1 aliphatic heterocycles. The van der Waals surface area contributed by atoms with E-state index in [1.165, 1.54) is 6.42 Å². The van der Waals surface area contributed by atoms with Crippen molar-refractivity contribution in [2.45, 2.75) is 25.1 Å². The summed E-state index contributed by atoms with van der Waals surface area (Å²) in [7, 11) is 1.72. The van der Waals surface area contributed by atoms with Crippen molar-refractivity contribution in [1.82, 2.24) is 5.32 Å². The van der Waals surface area contributed by atoms with Gasteiger partial charge in [-0.05, 0) is 26.1 Å². The average Bonchev–Trinajstić information content (AvgIpc) is 2.04. The number of aliphatic imine (C=N–C) groups is 1. The normalized spacial score (nSPS) is 33.7. The third-order valence-electron chi connectivity index (χ3n) is 1.87. The number of piperidine rings is 1. The molecule has 2 atom stereocenters. The molecule has 1 fully saturated rings. The third kappa shape index (κ3) is 1.55. The minimum Gasteiger partial charge on any atom is -0.378 e. The smallest absolute Gasteiger partial charge is 0.125 e. The van der Waals surface area contributed by atoms with Crippen LogP contribution in [-0.4, -0.2) is 32.6 Å². The van der Waals surface area contributed by atoms with Crippen LogP contribution < -0.4 is 5.32 Å². The number of hydrogen-bond donors (Lipinski definition) is 1. The van der Waals surface area contributed by atoms with Gasteiger partial charge in [-0.1, -0.05) is 0 Å². The van der Waals surface area contributed by atoms with Crippen LogP contribution in [0, 0.1) is 0 Å². The fraction of sp³-hybridized carbons (Fsp3) is 0.857. The maximum atomic E-state index is 5.20. The summed E-state index contributed by atoms with van der Waals surface area (Å²) in [4.78, 5) is 3.91. The number of nitrogens with one attached hydrogen (secondary N) is 1. The highest BCUT2D eigenvalue weighted by Gasteiger charge is 2.22. The Kier molecular flexibility index (Phi) is 2.83. The predicted molar refractivity (Wildman–Crippen MR) is 41.4 cm³/mol. The molecule has 1 rings (SSSR count). The van der Waals surface area contributed by atoms with E-state index in [1.54, 1.807) is 7.11 Å². The van der Waals surface area contributed by atoms with E-state index in [9.17, 15) is 0 Å². The highest BCUT2D eigenvalue weighted by molar-refractivity contribution is 5.24. The summed E-state index contributed by atoms with van der Waals surface area (Å²) in [5, 5.41) is 3.22. The van der Waals surface area contributed by atoms with Gasteiger partial charge in [0.25, 0.3) is 0 Å². The summed E-state index contributed by atoms with van der Waals surface area (Å²) in [5.41, 5.74) is 0. The van der Waals surface area contributed by atoms with Gasteiger partial charge in [-0.2, -0.15) is 0 Å². The first-order valence-corrected chi connectivity index (χ1v) is 3.60. The first-order chi connectivity index (χ1) is 4.88. The number of methoxy groups -OCH3 is 1. The molecule has 0 saturated carbocycles. The topological polar surface area (TPSA) is 33.6 Å². The zero-order valence-electron chi connectivity index (χ0n) is 6.34. The quantitative estimate of drug-likeness (QED) is 0.567. The molecule has 0 amide bonds. The summed E-state index contributed by atoms with van der Waals surface area (Å²) in [6, 6.07) is 0. The first-order valence-electron chi connectivity index (χ1n) is 3.60. The van der Waals surface area contributed by atoms with Crippen molar-refractivity contribution in [2.24, 2.45) is 4.99 Å². The monoisotopic (exact) mass is 142 g/mol. The van der Waals surface area contributed by atoms with Crippen molar-refractivity contribution < 1.29 is 4.74 Å². The Morgan fingerprint density at radius 1 is 1.70 bits per heavy atom. The lowest BCUT2D eigenvalue weighted by Gasteiger charge is -2.27. The molecule has 58 valence electrons. The van der Waals surface area contributed by atoms with E-state index in [2.05, 4.69) is 17.0 Å². The molecule has 0 aromatic rings. The molecular formula is C7H14N2O. The number of nitrogens with zero attached hydrogens (tertiary/aromatic N) is 1. The van der Waals surface area contributed by atoms with E-state index in [-0.39, 0.29) is 12.3 Å². The van der Waals surface area contributed by atoms with Gasteiger partial charge >= 0.3 is 0 Å². The van der Waals surface area contributed by atoms with Gasteiger partial charge in [-0.15, -0.1) is 0 Å². The first kappa shape index (κ1) is 7.69. The van der Waals surface area contributed by atoms with Gasteiger partial charge in [0.1, 0.15) is 6.17 Å². The number of rotatable bonds is 2. The van der Waals surface area contributed by atoms with Crippen LogP contribution in [0.4, 0.5) is 0 Å². The largest absolute Gasteiger partial charge is 0.378 e. The highest BCUT2D eigenvalue weighted by Crippen LogP contribution is 2.11. The minimum absolute atomic E-state index is 0.110. The molecule has 0 aromatic carbocycles. The van der Waals surface area contributed by atoms with Gasteiger partial charge < -0.3 is 4.74 Å². The summed E-state index contributed by atoms with van der Waals surface area (Å²) in [6.07, 6.45) is 2.60. The second kappa shape index (κ2) is 3.68. The lowest BCUT2D eigenvalue weighted by atomic mass is 10.1. The van der Waals surface area contributed by atoms with Crippen molar-refractivity contribution in [3.8, 4) is 0 Å². The van der Waals surface area contributed by atoms with Crippen molar-refractivity contribution >= 4 is 6.72 Å². The molecule has 10 heavy (non-hydrogen) atoms. The van der Waals surface area contributed by atoms with Crippen LogP contribution >= 0.6 is 0 Å². The molecule has 0 aromatic heterocycles. The van der Waals surface area contributed by atoms with Crippen LogP contribution in [0.15, 0.2) is 4.99 Å². The van der Waals surface area contributed by atoms with E-state index >= 15 is 0 Å². The Morgan fingerprint density at radius 3 is 3.00 bits per heavy atom. The van der Waals surface area contributed by atoms with Crippen LogP contribution in [0.3, 0.4) is 0 Å². The average molecular weight is 142 g/mol. The number of ether oxygens (including phenoxy) is 1. The third-order valence-corrected chi connectivity index (χ3v) is 1.87. The predicted octanol–water partition coefficient (Wildman–Crippen LogP) is 0.411. The molecule has 2 unspecified atom stereocenters. The lowest BCUT2D eigenvalue weighted by Crippen LogP contribution is -2.44. The van der Waals surface area contributed by atoms with Gasteiger partial charge in [0.05, 0.1) is 6.10 Å². The minimum atomic E-state index is 0.110. The second-order valence-electron chi connectivity index (χ2n) is 2.50. The van der Waals surface area contributed by atoms with Crippen LogP contribution in [0.2, 0.25) is 0 Å². The van der Waals surface area contributed by atoms with E-state index in [4.69, 9.17) is 4.74 Å². The SMILES string of the molecule is C=NC1NCCCC1OC. The van der Waals surface area contributed by atoms with Crippen molar-refractivity contribution in [2.75, 3.05) is 13.7 Å². The molecule has 1 N–H and O–H groups in total. The molecule has 1 saturated heterocycles. The zero-order valence-corrected chi connectivity index (χ0v) is 6.34.